The fraction of sp³-hybridized carbons (Fsp3) is 1.00. The van der Waals surface area contributed by atoms with Gasteiger partial charge in [0, 0.05) is 13.2 Å². The van der Waals surface area contributed by atoms with Crippen molar-refractivity contribution in [2.75, 3.05) is 13.2 Å². The highest BCUT2D eigenvalue weighted by molar-refractivity contribution is 4.79. The maximum absolute atomic E-state index is 10.0. The van der Waals surface area contributed by atoms with Crippen LogP contribution in [0.15, 0.2) is 0 Å². The minimum Gasteiger partial charge on any atom is -0.396 e. The molecule has 0 amide bonds. The molecule has 0 aromatic carbocycles. The van der Waals surface area contributed by atoms with Gasteiger partial charge in [-0.2, -0.15) is 0 Å². The Morgan fingerprint density at radius 3 is 2.11 bits per heavy atom. The zero-order valence-corrected chi connectivity index (χ0v) is 12.0. The lowest BCUT2D eigenvalue weighted by Crippen LogP contribution is -2.35. The summed E-state index contributed by atoms with van der Waals surface area (Å²) in [5.41, 5.74) is -0.225. The zero-order chi connectivity index (χ0) is 14.2. The average Bonchev–Trinajstić information content (AvgIpc) is 2.32. The largest absolute Gasteiger partial charge is 0.396 e. The predicted molar refractivity (Wildman–Crippen MR) is 72.2 cm³/mol. The van der Waals surface area contributed by atoms with E-state index < -0.39 is 12.2 Å². The van der Waals surface area contributed by atoms with Gasteiger partial charge in [-0.3, -0.25) is 0 Å². The molecule has 3 atom stereocenters. The first-order valence-corrected chi connectivity index (χ1v) is 6.92. The van der Waals surface area contributed by atoms with Gasteiger partial charge < -0.3 is 20.4 Å². The molecular formula is C14H30O4. The van der Waals surface area contributed by atoms with Crippen LogP contribution >= 0.6 is 0 Å². The molecule has 0 aliphatic carbocycles. The van der Waals surface area contributed by atoms with Gasteiger partial charge in [-0.15, -0.1) is 0 Å². The van der Waals surface area contributed by atoms with Crippen molar-refractivity contribution in [2.24, 2.45) is 11.3 Å². The Hall–Kier alpha value is -0.160. The molecule has 0 aliphatic heterocycles. The summed E-state index contributed by atoms with van der Waals surface area (Å²) in [7, 11) is 0. The standard InChI is InChI=1S/C14H30O4/c1-11(9-14(2,3)10-16)13(18)12(17)7-5-4-6-8-15/h11-13,15-18H,4-10H2,1-3H3. The summed E-state index contributed by atoms with van der Waals surface area (Å²) in [5, 5.41) is 37.7. The molecule has 4 heteroatoms. The zero-order valence-electron chi connectivity index (χ0n) is 12.0. The highest BCUT2D eigenvalue weighted by atomic mass is 16.3. The number of aliphatic hydroxyl groups is 4. The maximum Gasteiger partial charge on any atom is 0.0824 e. The van der Waals surface area contributed by atoms with Gasteiger partial charge in [-0.1, -0.05) is 33.6 Å². The Kier molecular flexibility index (Phi) is 8.78. The van der Waals surface area contributed by atoms with E-state index in [4.69, 9.17) is 5.11 Å². The lowest BCUT2D eigenvalue weighted by molar-refractivity contribution is -0.0319. The summed E-state index contributed by atoms with van der Waals surface area (Å²) in [6.45, 7) is 6.06. The van der Waals surface area contributed by atoms with Crippen LogP contribution in [0.2, 0.25) is 0 Å². The third-order valence-corrected chi connectivity index (χ3v) is 3.44. The van der Waals surface area contributed by atoms with Gasteiger partial charge in [0.05, 0.1) is 12.2 Å². The predicted octanol–water partition coefficient (Wildman–Crippen LogP) is 1.31. The molecule has 0 radical (unpaired) electrons. The molecule has 0 spiro atoms. The fourth-order valence-corrected chi connectivity index (χ4v) is 2.25. The minimum absolute atomic E-state index is 0.0417. The van der Waals surface area contributed by atoms with Gasteiger partial charge in [0.25, 0.3) is 0 Å². The quantitative estimate of drug-likeness (QED) is 0.447. The van der Waals surface area contributed by atoms with Crippen molar-refractivity contribution in [1.29, 1.82) is 0 Å². The Morgan fingerprint density at radius 2 is 1.61 bits per heavy atom. The van der Waals surface area contributed by atoms with E-state index in [0.29, 0.717) is 12.8 Å². The summed E-state index contributed by atoms with van der Waals surface area (Å²) >= 11 is 0. The summed E-state index contributed by atoms with van der Waals surface area (Å²) in [6.07, 6.45) is 2.21. The van der Waals surface area contributed by atoms with Gasteiger partial charge in [0.1, 0.15) is 0 Å². The van der Waals surface area contributed by atoms with Gasteiger partial charge in [-0.25, -0.2) is 0 Å². The number of rotatable bonds is 10. The van der Waals surface area contributed by atoms with Crippen molar-refractivity contribution >= 4 is 0 Å². The molecule has 0 bridgehead atoms. The average molecular weight is 262 g/mol. The molecule has 4 N–H and O–H groups in total. The molecule has 0 aliphatic rings. The molecular weight excluding hydrogens is 232 g/mol. The van der Waals surface area contributed by atoms with E-state index in [1.807, 2.05) is 20.8 Å². The molecule has 0 aromatic rings. The second-order valence-electron chi connectivity index (χ2n) is 6.13. The van der Waals surface area contributed by atoms with E-state index in [1.54, 1.807) is 0 Å². The molecule has 0 saturated carbocycles. The Bertz CT molecular complexity index is 206. The highest BCUT2D eigenvalue weighted by Crippen LogP contribution is 2.28. The van der Waals surface area contributed by atoms with Crippen LogP contribution < -0.4 is 0 Å². The van der Waals surface area contributed by atoms with Crippen LogP contribution in [0.3, 0.4) is 0 Å². The summed E-state index contributed by atoms with van der Waals surface area (Å²) < 4.78 is 0. The van der Waals surface area contributed by atoms with E-state index in [9.17, 15) is 15.3 Å². The van der Waals surface area contributed by atoms with E-state index in [-0.39, 0.29) is 24.5 Å². The van der Waals surface area contributed by atoms with Crippen molar-refractivity contribution in [2.45, 2.75) is 65.1 Å². The van der Waals surface area contributed by atoms with E-state index in [0.717, 1.165) is 19.3 Å². The minimum atomic E-state index is -0.745. The van der Waals surface area contributed by atoms with Crippen molar-refractivity contribution < 1.29 is 20.4 Å². The van der Waals surface area contributed by atoms with Crippen LogP contribution in [0, 0.1) is 11.3 Å². The number of unbranched alkanes of at least 4 members (excludes halogenated alkanes) is 2. The first-order valence-electron chi connectivity index (χ1n) is 6.92. The fourth-order valence-electron chi connectivity index (χ4n) is 2.25. The molecule has 3 unspecified atom stereocenters. The summed E-state index contributed by atoms with van der Waals surface area (Å²) in [5.74, 6) is -0.0417. The van der Waals surface area contributed by atoms with Crippen molar-refractivity contribution in [3.63, 3.8) is 0 Å². The molecule has 0 heterocycles. The topological polar surface area (TPSA) is 80.9 Å². The van der Waals surface area contributed by atoms with Crippen LogP contribution in [0.5, 0.6) is 0 Å². The summed E-state index contributed by atoms with van der Waals surface area (Å²) in [6, 6.07) is 0. The molecule has 110 valence electrons. The smallest absolute Gasteiger partial charge is 0.0824 e. The molecule has 0 rings (SSSR count). The van der Waals surface area contributed by atoms with Gasteiger partial charge in [0.2, 0.25) is 0 Å². The van der Waals surface area contributed by atoms with Crippen molar-refractivity contribution in [1.82, 2.24) is 0 Å². The van der Waals surface area contributed by atoms with E-state index in [2.05, 4.69) is 0 Å². The normalized spacial score (nSPS) is 17.5. The lowest BCUT2D eigenvalue weighted by atomic mass is 9.80. The number of aliphatic hydroxyl groups excluding tert-OH is 4. The lowest BCUT2D eigenvalue weighted by Gasteiger charge is -2.30. The van der Waals surface area contributed by atoms with E-state index in [1.165, 1.54) is 0 Å². The maximum atomic E-state index is 10.0. The van der Waals surface area contributed by atoms with Gasteiger partial charge in [0.15, 0.2) is 0 Å². The summed E-state index contributed by atoms with van der Waals surface area (Å²) in [4.78, 5) is 0. The van der Waals surface area contributed by atoms with Crippen LogP contribution in [0.1, 0.15) is 52.9 Å². The third-order valence-electron chi connectivity index (χ3n) is 3.44. The molecule has 18 heavy (non-hydrogen) atoms. The molecule has 0 fully saturated rings. The van der Waals surface area contributed by atoms with Crippen molar-refractivity contribution in [3.8, 4) is 0 Å². The Morgan fingerprint density at radius 1 is 1.00 bits per heavy atom. The second kappa shape index (κ2) is 8.86. The second-order valence-corrected chi connectivity index (χ2v) is 6.13. The van der Waals surface area contributed by atoms with Crippen LogP contribution in [0.25, 0.3) is 0 Å². The molecule has 0 aromatic heterocycles. The monoisotopic (exact) mass is 262 g/mol. The molecule has 0 saturated heterocycles. The Balaban J connectivity index is 4.00. The first-order chi connectivity index (χ1) is 8.34. The van der Waals surface area contributed by atoms with Crippen molar-refractivity contribution in [3.05, 3.63) is 0 Å². The highest BCUT2D eigenvalue weighted by Gasteiger charge is 2.28. The third kappa shape index (κ3) is 7.31. The van der Waals surface area contributed by atoms with Crippen LogP contribution in [0.4, 0.5) is 0 Å². The SMILES string of the molecule is CC(CC(C)(C)CO)C(O)C(O)CCCCCO. The first kappa shape index (κ1) is 17.8. The van der Waals surface area contributed by atoms with Crippen LogP contribution in [-0.2, 0) is 0 Å². The van der Waals surface area contributed by atoms with Crippen LogP contribution in [-0.4, -0.2) is 45.8 Å². The number of hydrogen-bond acceptors (Lipinski definition) is 4. The van der Waals surface area contributed by atoms with E-state index >= 15 is 0 Å². The Labute approximate surface area is 111 Å². The van der Waals surface area contributed by atoms with Gasteiger partial charge >= 0.3 is 0 Å². The molecule has 4 nitrogen and oxygen atoms in total. The van der Waals surface area contributed by atoms with Gasteiger partial charge in [-0.05, 0) is 30.6 Å². The number of hydrogen-bond donors (Lipinski definition) is 4.